The molecule has 3 rings (SSSR count). The molecule has 28 heavy (non-hydrogen) atoms. The van der Waals surface area contributed by atoms with Gasteiger partial charge in [0.2, 0.25) is 0 Å². The van der Waals surface area contributed by atoms with Crippen molar-refractivity contribution in [2.75, 3.05) is 5.32 Å². The van der Waals surface area contributed by atoms with E-state index in [1.165, 1.54) is 0 Å². The molecule has 2 aromatic heterocycles. The predicted molar refractivity (Wildman–Crippen MR) is 101 cm³/mol. The van der Waals surface area contributed by atoms with Gasteiger partial charge in [-0.05, 0) is 50.1 Å². The van der Waals surface area contributed by atoms with Gasteiger partial charge >= 0.3 is 0 Å². The van der Waals surface area contributed by atoms with E-state index >= 15 is 0 Å². The van der Waals surface area contributed by atoms with Gasteiger partial charge in [-0.2, -0.15) is 0 Å². The van der Waals surface area contributed by atoms with E-state index in [2.05, 4.69) is 15.6 Å². The molecule has 0 saturated heterocycles. The van der Waals surface area contributed by atoms with E-state index in [4.69, 9.17) is 0 Å². The standard InChI is InChI=1S/C20H20F2N4O2/c1-4-12(3)23-20(28)17-18(24-16-8-5-11(2)10-26(16)17)25-19(27)14-9-13(21)6-7-15(14)22/h5-10,12H,4H2,1-3H3,(H,23,28)(H,25,27). The highest BCUT2D eigenvalue weighted by atomic mass is 19.1. The van der Waals surface area contributed by atoms with Gasteiger partial charge in [-0.15, -0.1) is 0 Å². The fraction of sp³-hybridized carbons (Fsp3) is 0.250. The molecule has 2 amide bonds. The Hall–Kier alpha value is -3.29. The maximum absolute atomic E-state index is 13.9. The number of benzene rings is 1. The molecular weight excluding hydrogens is 366 g/mol. The van der Waals surface area contributed by atoms with E-state index in [0.717, 1.165) is 30.2 Å². The average molecular weight is 386 g/mol. The zero-order valence-electron chi connectivity index (χ0n) is 15.7. The van der Waals surface area contributed by atoms with Gasteiger partial charge < -0.3 is 10.6 Å². The van der Waals surface area contributed by atoms with Gasteiger partial charge in [-0.3, -0.25) is 14.0 Å². The van der Waals surface area contributed by atoms with E-state index in [1.807, 2.05) is 26.8 Å². The molecule has 0 radical (unpaired) electrons. The molecule has 0 aliphatic carbocycles. The maximum Gasteiger partial charge on any atom is 0.272 e. The highest BCUT2D eigenvalue weighted by molar-refractivity contribution is 6.08. The number of amides is 2. The van der Waals surface area contributed by atoms with Gasteiger partial charge in [0.15, 0.2) is 11.5 Å². The van der Waals surface area contributed by atoms with Crippen LogP contribution in [0.2, 0.25) is 0 Å². The lowest BCUT2D eigenvalue weighted by atomic mass is 10.2. The lowest BCUT2D eigenvalue weighted by Gasteiger charge is -2.12. The van der Waals surface area contributed by atoms with Crippen LogP contribution >= 0.6 is 0 Å². The first-order chi connectivity index (χ1) is 13.3. The van der Waals surface area contributed by atoms with Crippen molar-refractivity contribution in [2.45, 2.75) is 33.2 Å². The van der Waals surface area contributed by atoms with E-state index in [0.29, 0.717) is 5.65 Å². The molecule has 0 aliphatic heterocycles. The van der Waals surface area contributed by atoms with Gasteiger partial charge in [0.1, 0.15) is 17.3 Å². The lowest BCUT2D eigenvalue weighted by molar-refractivity contribution is 0.0934. The fourth-order valence-electron chi connectivity index (χ4n) is 2.70. The molecule has 146 valence electrons. The SMILES string of the molecule is CCC(C)NC(=O)c1c(NC(=O)c2cc(F)ccc2F)nc2ccc(C)cn12. The molecule has 1 aromatic carbocycles. The van der Waals surface area contributed by atoms with Crippen LogP contribution in [0.5, 0.6) is 0 Å². The Morgan fingerprint density at radius 1 is 1.18 bits per heavy atom. The summed E-state index contributed by atoms with van der Waals surface area (Å²) in [6, 6.07) is 6.01. The van der Waals surface area contributed by atoms with E-state index in [-0.39, 0.29) is 17.6 Å². The summed E-state index contributed by atoms with van der Waals surface area (Å²) in [5.74, 6) is -2.96. The second kappa shape index (κ2) is 7.75. The van der Waals surface area contributed by atoms with E-state index in [9.17, 15) is 18.4 Å². The molecule has 0 bridgehead atoms. The number of nitrogens with zero attached hydrogens (tertiary/aromatic N) is 2. The van der Waals surface area contributed by atoms with Crippen molar-refractivity contribution >= 4 is 23.3 Å². The number of aromatic nitrogens is 2. The van der Waals surface area contributed by atoms with Crippen LogP contribution < -0.4 is 10.6 Å². The third kappa shape index (κ3) is 3.85. The predicted octanol–water partition coefficient (Wildman–Crippen LogP) is 3.70. The van der Waals surface area contributed by atoms with Crippen molar-refractivity contribution in [3.8, 4) is 0 Å². The number of halogens is 2. The summed E-state index contributed by atoms with van der Waals surface area (Å²) in [5.41, 5.74) is 0.970. The number of pyridine rings is 1. The number of imidazole rings is 1. The molecule has 3 aromatic rings. The van der Waals surface area contributed by atoms with Gasteiger partial charge in [-0.1, -0.05) is 13.0 Å². The van der Waals surface area contributed by atoms with Crippen LogP contribution in [0.25, 0.3) is 5.65 Å². The first-order valence-corrected chi connectivity index (χ1v) is 8.86. The van der Waals surface area contributed by atoms with Crippen LogP contribution in [0.15, 0.2) is 36.5 Å². The monoisotopic (exact) mass is 386 g/mol. The smallest absolute Gasteiger partial charge is 0.272 e. The molecule has 1 unspecified atom stereocenters. The molecule has 6 nitrogen and oxygen atoms in total. The minimum atomic E-state index is -0.894. The van der Waals surface area contributed by atoms with Crippen LogP contribution in [-0.4, -0.2) is 27.2 Å². The van der Waals surface area contributed by atoms with Crippen LogP contribution in [0.3, 0.4) is 0 Å². The quantitative estimate of drug-likeness (QED) is 0.702. The molecule has 8 heteroatoms. The molecule has 2 N–H and O–H groups in total. The van der Waals surface area contributed by atoms with E-state index in [1.54, 1.807) is 16.7 Å². The van der Waals surface area contributed by atoms with Crippen LogP contribution in [-0.2, 0) is 0 Å². The van der Waals surface area contributed by atoms with Crippen molar-refractivity contribution in [1.82, 2.24) is 14.7 Å². The number of hydrogen-bond donors (Lipinski definition) is 2. The number of nitrogens with one attached hydrogen (secondary N) is 2. The summed E-state index contributed by atoms with van der Waals surface area (Å²) in [6.45, 7) is 5.64. The van der Waals surface area contributed by atoms with E-state index < -0.39 is 29.0 Å². The Kier molecular flexibility index (Phi) is 5.39. The topological polar surface area (TPSA) is 75.5 Å². The molecule has 2 heterocycles. The Bertz CT molecular complexity index is 1060. The van der Waals surface area contributed by atoms with Crippen molar-refractivity contribution in [3.05, 3.63) is 65.0 Å². The first kappa shape index (κ1) is 19.5. The van der Waals surface area contributed by atoms with Crippen molar-refractivity contribution in [3.63, 3.8) is 0 Å². The Morgan fingerprint density at radius 2 is 1.93 bits per heavy atom. The average Bonchev–Trinajstić information content (AvgIpc) is 3.00. The van der Waals surface area contributed by atoms with Crippen molar-refractivity contribution in [2.24, 2.45) is 0 Å². The molecule has 0 fully saturated rings. The highest BCUT2D eigenvalue weighted by Gasteiger charge is 2.23. The van der Waals surface area contributed by atoms with Gasteiger partial charge in [0, 0.05) is 12.2 Å². The second-order valence-corrected chi connectivity index (χ2v) is 6.60. The Labute approximate surface area is 160 Å². The second-order valence-electron chi connectivity index (χ2n) is 6.60. The van der Waals surface area contributed by atoms with Crippen LogP contribution in [0.4, 0.5) is 14.6 Å². The molecular formula is C20H20F2N4O2. The number of rotatable bonds is 5. The highest BCUT2D eigenvalue weighted by Crippen LogP contribution is 2.21. The third-order valence-electron chi connectivity index (χ3n) is 4.38. The summed E-state index contributed by atoms with van der Waals surface area (Å²) in [5, 5.41) is 5.27. The summed E-state index contributed by atoms with van der Waals surface area (Å²) < 4.78 is 28.9. The Morgan fingerprint density at radius 3 is 2.64 bits per heavy atom. The number of carbonyl (C=O) groups excluding carboxylic acids is 2. The number of aryl methyl sites for hydroxylation is 1. The number of carbonyl (C=O) groups is 2. The number of fused-ring (bicyclic) bond motifs is 1. The van der Waals surface area contributed by atoms with Crippen LogP contribution in [0.1, 0.15) is 46.7 Å². The van der Waals surface area contributed by atoms with Gasteiger partial charge in [-0.25, -0.2) is 13.8 Å². The van der Waals surface area contributed by atoms with Gasteiger partial charge in [0.25, 0.3) is 11.8 Å². The summed E-state index contributed by atoms with van der Waals surface area (Å²) in [7, 11) is 0. The summed E-state index contributed by atoms with van der Waals surface area (Å²) in [4.78, 5) is 29.6. The largest absolute Gasteiger partial charge is 0.348 e. The zero-order chi connectivity index (χ0) is 20.4. The normalized spacial score (nSPS) is 12.0. The molecule has 0 saturated carbocycles. The first-order valence-electron chi connectivity index (χ1n) is 8.86. The summed E-state index contributed by atoms with van der Waals surface area (Å²) >= 11 is 0. The minimum Gasteiger partial charge on any atom is -0.348 e. The van der Waals surface area contributed by atoms with Crippen molar-refractivity contribution in [1.29, 1.82) is 0 Å². The minimum absolute atomic E-state index is 0.0277. The zero-order valence-corrected chi connectivity index (χ0v) is 15.7. The fourth-order valence-corrected chi connectivity index (χ4v) is 2.70. The molecule has 0 spiro atoms. The Balaban J connectivity index is 2.04. The summed E-state index contributed by atoms with van der Waals surface area (Å²) in [6.07, 6.45) is 2.43. The molecule has 0 aliphatic rings. The number of hydrogen-bond acceptors (Lipinski definition) is 3. The van der Waals surface area contributed by atoms with Crippen LogP contribution in [0, 0.1) is 18.6 Å². The van der Waals surface area contributed by atoms with Crippen molar-refractivity contribution < 1.29 is 18.4 Å². The maximum atomic E-state index is 13.9. The lowest BCUT2D eigenvalue weighted by Crippen LogP contribution is -2.33. The van der Waals surface area contributed by atoms with Gasteiger partial charge in [0.05, 0.1) is 5.56 Å². The molecule has 1 atom stereocenters. The third-order valence-corrected chi connectivity index (χ3v) is 4.38. The number of anilines is 1.